The molecule has 0 atom stereocenters. The molecule has 0 amide bonds. The van der Waals surface area contributed by atoms with Crippen LogP contribution in [0.15, 0.2) is 81.1 Å². The molecule has 0 radical (unpaired) electrons. The number of hydrogen-bond donors (Lipinski definition) is 0. The van der Waals surface area contributed by atoms with Gasteiger partial charge in [0.05, 0.1) is 5.69 Å². The van der Waals surface area contributed by atoms with Crippen LogP contribution in [-0.4, -0.2) is 14.6 Å². The van der Waals surface area contributed by atoms with E-state index in [1.54, 1.807) is 42.6 Å². The quantitative estimate of drug-likeness (QED) is 0.381. The second-order valence-corrected chi connectivity index (χ2v) is 8.54. The molecule has 0 aliphatic rings. The van der Waals surface area contributed by atoms with Crippen LogP contribution in [0, 0.1) is 13.8 Å². The van der Waals surface area contributed by atoms with Crippen molar-refractivity contribution in [3.63, 3.8) is 0 Å². The summed E-state index contributed by atoms with van der Waals surface area (Å²) in [5.41, 5.74) is 3.52. The summed E-state index contributed by atoms with van der Waals surface area (Å²) in [4.78, 5) is 4.62. The third kappa shape index (κ3) is 4.84. The van der Waals surface area contributed by atoms with Crippen molar-refractivity contribution in [3.05, 3.63) is 87.9 Å². The van der Waals surface area contributed by atoms with Gasteiger partial charge in [0, 0.05) is 16.3 Å². The predicted molar refractivity (Wildman–Crippen MR) is 112 cm³/mol. The first-order chi connectivity index (χ1) is 12.8. The molecule has 3 aromatic rings. The van der Waals surface area contributed by atoms with E-state index >= 15 is 0 Å². The maximum Gasteiger partial charge on any atom is 0.339 e. The lowest BCUT2D eigenvalue weighted by Gasteiger charge is -2.10. The van der Waals surface area contributed by atoms with Crippen LogP contribution in [0.2, 0.25) is 0 Å². The molecule has 0 fully saturated rings. The summed E-state index contributed by atoms with van der Waals surface area (Å²) in [6.07, 6.45) is 1.61. The van der Waals surface area contributed by atoms with Crippen molar-refractivity contribution in [1.82, 2.24) is 0 Å². The molecule has 3 aromatic carbocycles. The smallest absolute Gasteiger partial charge is 0.339 e. The Morgan fingerprint density at radius 1 is 0.963 bits per heavy atom. The van der Waals surface area contributed by atoms with Crippen molar-refractivity contribution in [1.29, 1.82) is 0 Å². The van der Waals surface area contributed by atoms with E-state index < -0.39 is 10.1 Å². The summed E-state index contributed by atoms with van der Waals surface area (Å²) >= 11 is 3.41. The van der Waals surface area contributed by atoms with Gasteiger partial charge in [-0.1, -0.05) is 46.3 Å². The Morgan fingerprint density at radius 2 is 1.70 bits per heavy atom. The summed E-state index contributed by atoms with van der Waals surface area (Å²) in [7, 11) is -3.92. The van der Waals surface area contributed by atoms with Gasteiger partial charge in [0.25, 0.3) is 0 Å². The van der Waals surface area contributed by atoms with Gasteiger partial charge in [-0.2, -0.15) is 8.42 Å². The average molecular weight is 444 g/mol. The molecule has 6 heteroatoms. The second kappa shape index (κ2) is 8.06. The lowest BCUT2D eigenvalue weighted by molar-refractivity contribution is 0.485. The molecule has 0 bridgehead atoms. The Labute approximate surface area is 167 Å². The molecule has 0 saturated heterocycles. The van der Waals surface area contributed by atoms with Crippen LogP contribution >= 0.6 is 15.9 Å². The highest BCUT2D eigenvalue weighted by molar-refractivity contribution is 9.10. The van der Waals surface area contributed by atoms with Gasteiger partial charge in [-0.25, -0.2) is 0 Å². The second-order valence-electron chi connectivity index (χ2n) is 6.08. The lowest BCUT2D eigenvalue weighted by Crippen LogP contribution is -2.10. The Balaban J connectivity index is 1.96. The van der Waals surface area contributed by atoms with Crippen LogP contribution in [0.4, 0.5) is 5.69 Å². The number of aliphatic imine (C=N–C) groups is 1. The van der Waals surface area contributed by atoms with Crippen LogP contribution in [0.1, 0.15) is 16.7 Å². The summed E-state index contributed by atoms with van der Waals surface area (Å²) in [5, 5.41) is 0. The van der Waals surface area contributed by atoms with E-state index in [-0.39, 0.29) is 10.6 Å². The molecule has 0 aliphatic heterocycles. The fourth-order valence-electron chi connectivity index (χ4n) is 2.45. The van der Waals surface area contributed by atoms with Gasteiger partial charge >= 0.3 is 10.1 Å². The molecule has 0 unspecified atom stereocenters. The van der Waals surface area contributed by atoms with Crippen molar-refractivity contribution in [2.24, 2.45) is 4.99 Å². The molecule has 0 N–H and O–H groups in total. The topological polar surface area (TPSA) is 55.7 Å². The van der Waals surface area contributed by atoms with E-state index in [1.165, 1.54) is 12.1 Å². The van der Waals surface area contributed by atoms with Crippen molar-refractivity contribution in [2.45, 2.75) is 18.7 Å². The summed E-state index contributed by atoms with van der Waals surface area (Å²) in [6.45, 7) is 3.98. The van der Waals surface area contributed by atoms with E-state index in [0.717, 1.165) is 21.3 Å². The van der Waals surface area contributed by atoms with Gasteiger partial charge in [-0.15, -0.1) is 0 Å². The highest BCUT2D eigenvalue weighted by atomic mass is 79.9. The Morgan fingerprint density at radius 3 is 2.44 bits per heavy atom. The highest BCUT2D eigenvalue weighted by Gasteiger charge is 2.18. The van der Waals surface area contributed by atoms with E-state index in [2.05, 4.69) is 20.9 Å². The highest BCUT2D eigenvalue weighted by Crippen LogP contribution is 2.27. The van der Waals surface area contributed by atoms with Crippen molar-refractivity contribution in [3.8, 4) is 5.75 Å². The van der Waals surface area contributed by atoms with Crippen LogP contribution in [0.3, 0.4) is 0 Å². The minimum atomic E-state index is -3.92. The molecule has 0 heterocycles. The summed E-state index contributed by atoms with van der Waals surface area (Å²) < 4.78 is 31.2. The van der Waals surface area contributed by atoms with E-state index in [1.807, 2.05) is 32.0 Å². The Kier molecular flexibility index (Phi) is 5.77. The van der Waals surface area contributed by atoms with Gasteiger partial charge in [0.1, 0.15) is 4.90 Å². The van der Waals surface area contributed by atoms with Crippen LogP contribution < -0.4 is 4.18 Å². The average Bonchev–Trinajstić information content (AvgIpc) is 2.65. The zero-order valence-electron chi connectivity index (χ0n) is 14.9. The molecule has 27 heavy (non-hydrogen) atoms. The minimum absolute atomic E-state index is 0.102. The molecule has 4 nitrogen and oxygen atoms in total. The maximum atomic E-state index is 12.5. The molecule has 138 valence electrons. The van der Waals surface area contributed by atoms with E-state index in [0.29, 0.717) is 5.56 Å². The van der Waals surface area contributed by atoms with Gasteiger partial charge in [0.2, 0.25) is 0 Å². The lowest BCUT2D eigenvalue weighted by atomic mass is 10.1. The molecular formula is C21H18BrNO3S. The number of benzene rings is 3. The third-order valence-corrected chi connectivity index (χ3v) is 5.65. The molecule has 0 spiro atoms. The molecule has 0 aromatic heterocycles. The number of rotatable bonds is 5. The number of nitrogens with zero attached hydrogens (tertiary/aromatic N) is 1. The van der Waals surface area contributed by atoms with Crippen LogP contribution in [0.25, 0.3) is 0 Å². The van der Waals surface area contributed by atoms with E-state index in [9.17, 15) is 8.42 Å². The summed E-state index contributed by atoms with van der Waals surface area (Å²) in [5.74, 6) is 0.219. The van der Waals surface area contributed by atoms with Gasteiger partial charge < -0.3 is 4.18 Å². The van der Waals surface area contributed by atoms with Crippen molar-refractivity contribution in [2.75, 3.05) is 0 Å². The van der Waals surface area contributed by atoms with Gasteiger partial charge in [0.15, 0.2) is 5.75 Å². The van der Waals surface area contributed by atoms with Crippen LogP contribution in [-0.2, 0) is 10.1 Å². The van der Waals surface area contributed by atoms with Gasteiger partial charge in [-0.05, 0) is 61.4 Å². The molecule has 0 aliphatic carbocycles. The van der Waals surface area contributed by atoms with Crippen LogP contribution in [0.5, 0.6) is 5.75 Å². The first-order valence-corrected chi connectivity index (χ1v) is 10.5. The van der Waals surface area contributed by atoms with Crippen molar-refractivity contribution >= 4 is 38.0 Å². The minimum Gasteiger partial charge on any atom is -0.378 e. The first kappa shape index (κ1) is 19.3. The largest absolute Gasteiger partial charge is 0.378 e. The monoisotopic (exact) mass is 443 g/mol. The Hall–Kier alpha value is -2.44. The maximum absolute atomic E-state index is 12.5. The van der Waals surface area contributed by atoms with E-state index in [4.69, 9.17) is 4.18 Å². The zero-order valence-corrected chi connectivity index (χ0v) is 17.3. The molecular weight excluding hydrogens is 426 g/mol. The number of aryl methyl sites for hydroxylation is 2. The number of hydrogen-bond acceptors (Lipinski definition) is 4. The normalized spacial score (nSPS) is 11.7. The third-order valence-electron chi connectivity index (χ3n) is 3.91. The fourth-order valence-corrected chi connectivity index (χ4v) is 3.80. The van der Waals surface area contributed by atoms with Crippen molar-refractivity contribution < 1.29 is 12.6 Å². The fraction of sp³-hybridized carbons (Fsp3) is 0.0952. The standard InChI is InChI=1S/C21H18BrNO3S/c1-15-8-9-16(2)20(12-15)23-14-17-13-18(22)10-11-21(17)26-27(24,25)19-6-4-3-5-7-19/h3-14H,1-2H3. The molecule has 3 rings (SSSR count). The van der Waals surface area contributed by atoms with Gasteiger partial charge in [-0.3, -0.25) is 4.99 Å². The zero-order chi connectivity index (χ0) is 19.4. The summed E-state index contributed by atoms with van der Waals surface area (Å²) in [6, 6.07) is 19.2. The predicted octanol–water partition coefficient (Wildman–Crippen LogP) is 5.58. The number of halogens is 1. The first-order valence-electron chi connectivity index (χ1n) is 8.25. The molecule has 0 saturated carbocycles. The Bertz CT molecular complexity index is 1090. The SMILES string of the molecule is Cc1ccc(C)c(N=Cc2cc(Br)ccc2OS(=O)(=O)c2ccccc2)c1.